The molecule has 9 heteroatoms. The smallest absolute Gasteiger partial charge is 0.235 e. The van der Waals surface area contributed by atoms with Crippen LogP contribution in [0.5, 0.6) is 5.75 Å². The highest BCUT2D eigenvalue weighted by atomic mass is 35.5. The Morgan fingerprint density at radius 2 is 1.87 bits per heavy atom. The van der Waals surface area contributed by atoms with E-state index in [1.165, 1.54) is 0 Å². The van der Waals surface area contributed by atoms with Crippen LogP contribution in [-0.4, -0.2) is 51.7 Å². The lowest BCUT2D eigenvalue weighted by atomic mass is 9.73. The molecule has 2 aromatic rings. The number of carbonyl (C=O) groups excluding carboxylic acids is 1. The highest BCUT2D eigenvalue weighted by Crippen LogP contribution is 2.45. The fourth-order valence-corrected chi connectivity index (χ4v) is 4.90. The van der Waals surface area contributed by atoms with Crippen LogP contribution in [0.3, 0.4) is 0 Å². The summed E-state index contributed by atoms with van der Waals surface area (Å²) in [5, 5.41) is 3.65. The summed E-state index contributed by atoms with van der Waals surface area (Å²) in [5.41, 5.74) is 1.90. The highest BCUT2D eigenvalue weighted by molar-refractivity contribution is 7.92. The van der Waals surface area contributed by atoms with Gasteiger partial charge in [0.15, 0.2) is 0 Å². The first-order chi connectivity index (χ1) is 14.2. The van der Waals surface area contributed by atoms with Gasteiger partial charge in [0.1, 0.15) is 12.4 Å². The minimum atomic E-state index is -3.29. The van der Waals surface area contributed by atoms with Crippen molar-refractivity contribution in [3.05, 3.63) is 53.1 Å². The second kappa shape index (κ2) is 8.09. The molecule has 2 heterocycles. The van der Waals surface area contributed by atoms with E-state index in [-0.39, 0.29) is 5.91 Å². The topological polar surface area (TPSA) is 87.7 Å². The van der Waals surface area contributed by atoms with Crippen molar-refractivity contribution in [3.63, 3.8) is 0 Å². The van der Waals surface area contributed by atoms with Gasteiger partial charge < -0.3 is 10.1 Å². The summed E-state index contributed by atoms with van der Waals surface area (Å²) in [4.78, 5) is 15.0. The monoisotopic (exact) mass is 449 g/mol. The largest absolute Gasteiger partial charge is 0.492 e. The fourth-order valence-electron chi connectivity index (χ4n) is 4.17. The predicted octanol–water partition coefficient (Wildman–Crippen LogP) is 3.08. The van der Waals surface area contributed by atoms with Gasteiger partial charge in [-0.05, 0) is 74.0 Å². The van der Waals surface area contributed by atoms with Gasteiger partial charge in [0.05, 0.1) is 11.7 Å². The van der Waals surface area contributed by atoms with Crippen molar-refractivity contribution in [2.75, 3.05) is 42.5 Å². The van der Waals surface area contributed by atoms with Crippen molar-refractivity contribution in [2.45, 2.75) is 18.3 Å². The Balaban J connectivity index is 1.29. The van der Waals surface area contributed by atoms with Crippen LogP contribution >= 0.6 is 11.6 Å². The van der Waals surface area contributed by atoms with E-state index in [9.17, 15) is 13.2 Å². The predicted molar refractivity (Wildman–Crippen MR) is 118 cm³/mol. The quantitative estimate of drug-likeness (QED) is 0.707. The molecule has 160 valence electrons. The molecule has 0 unspecified atom stereocenters. The lowest BCUT2D eigenvalue weighted by Crippen LogP contribution is -2.47. The third-order valence-corrected chi connectivity index (χ3v) is 6.57. The van der Waals surface area contributed by atoms with Crippen LogP contribution in [0, 0.1) is 0 Å². The van der Waals surface area contributed by atoms with Gasteiger partial charge in [0.2, 0.25) is 15.9 Å². The Hall–Kier alpha value is -2.29. The average Bonchev–Trinajstić information content (AvgIpc) is 2.95. The van der Waals surface area contributed by atoms with Crippen LogP contribution in [0.2, 0.25) is 5.02 Å². The Labute approximate surface area is 181 Å². The lowest BCUT2D eigenvalue weighted by molar-refractivity contribution is -0.122. The molecular weight excluding hydrogens is 426 g/mol. The van der Waals surface area contributed by atoms with Gasteiger partial charge in [-0.3, -0.25) is 14.4 Å². The van der Waals surface area contributed by atoms with Gasteiger partial charge in [0.25, 0.3) is 0 Å². The highest BCUT2D eigenvalue weighted by Gasteiger charge is 2.48. The number of likely N-dealkylation sites (tertiary alicyclic amines) is 1. The molecule has 1 spiro atoms. The Kier molecular flexibility index (Phi) is 5.65. The lowest BCUT2D eigenvalue weighted by Gasteiger charge is -2.37. The van der Waals surface area contributed by atoms with Gasteiger partial charge >= 0.3 is 0 Å². The SMILES string of the molecule is CS(=O)(=O)Nc1ccc(OCCN2CCC3(CC2)C(=O)Nc2ccc(Cl)cc23)cc1. The molecule has 2 N–H and O–H groups in total. The number of fused-ring (bicyclic) bond motifs is 2. The van der Waals surface area contributed by atoms with Crippen LogP contribution in [0.4, 0.5) is 11.4 Å². The summed E-state index contributed by atoms with van der Waals surface area (Å²) in [5.74, 6) is 0.750. The number of benzene rings is 2. The van der Waals surface area contributed by atoms with Gasteiger partial charge in [-0.25, -0.2) is 8.42 Å². The summed E-state index contributed by atoms with van der Waals surface area (Å²) in [6, 6.07) is 12.4. The Morgan fingerprint density at radius 1 is 1.17 bits per heavy atom. The first kappa shape index (κ1) is 21.0. The standard InChI is InChI=1S/C21H24ClN3O4S/c1-30(27,28)24-16-3-5-17(6-4-16)29-13-12-25-10-8-21(9-11-25)18-14-15(22)2-7-19(18)23-20(21)26/h2-7,14,24H,8-13H2,1H3,(H,23,26). The van der Waals surface area contributed by atoms with E-state index < -0.39 is 15.4 Å². The minimum absolute atomic E-state index is 0.0680. The number of anilines is 2. The maximum Gasteiger partial charge on any atom is 0.235 e. The molecule has 0 aliphatic carbocycles. The van der Waals surface area contributed by atoms with E-state index in [4.69, 9.17) is 16.3 Å². The summed E-state index contributed by atoms with van der Waals surface area (Å²) in [6.45, 7) is 2.88. The fraction of sp³-hybridized carbons (Fsp3) is 0.381. The number of sulfonamides is 1. The third kappa shape index (κ3) is 4.40. The minimum Gasteiger partial charge on any atom is -0.492 e. The van der Waals surface area contributed by atoms with Crippen LogP contribution in [0.25, 0.3) is 0 Å². The maximum atomic E-state index is 12.7. The molecule has 4 rings (SSSR count). The number of nitrogens with zero attached hydrogens (tertiary/aromatic N) is 1. The molecule has 1 amide bonds. The van der Waals surface area contributed by atoms with E-state index in [2.05, 4.69) is 14.9 Å². The van der Waals surface area contributed by atoms with Gasteiger partial charge in [-0.2, -0.15) is 0 Å². The first-order valence-corrected chi connectivity index (χ1v) is 12.1. The summed E-state index contributed by atoms with van der Waals surface area (Å²) >= 11 is 6.17. The molecule has 2 aliphatic heterocycles. The van der Waals surface area contributed by atoms with Crippen molar-refractivity contribution in [3.8, 4) is 5.75 Å². The van der Waals surface area contributed by atoms with Crippen molar-refractivity contribution in [1.29, 1.82) is 0 Å². The van der Waals surface area contributed by atoms with E-state index >= 15 is 0 Å². The molecule has 7 nitrogen and oxygen atoms in total. The first-order valence-electron chi connectivity index (χ1n) is 9.80. The van der Waals surface area contributed by atoms with Crippen LogP contribution in [0.1, 0.15) is 18.4 Å². The zero-order valence-electron chi connectivity index (χ0n) is 16.7. The summed E-state index contributed by atoms with van der Waals surface area (Å²) in [6.07, 6.45) is 2.61. The van der Waals surface area contributed by atoms with Gasteiger partial charge in [0, 0.05) is 22.9 Å². The average molecular weight is 450 g/mol. The Bertz CT molecular complexity index is 1050. The number of rotatable bonds is 6. The molecule has 2 aliphatic rings. The number of halogens is 1. The molecular formula is C21H24ClN3O4S. The molecule has 0 bridgehead atoms. The second-order valence-electron chi connectivity index (χ2n) is 7.81. The Morgan fingerprint density at radius 3 is 2.53 bits per heavy atom. The number of hydrogen-bond donors (Lipinski definition) is 2. The normalized spacial score (nSPS) is 18.1. The van der Waals surface area contributed by atoms with Gasteiger partial charge in [-0.1, -0.05) is 11.6 Å². The van der Waals surface area contributed by atoms with Gasteiger partial charge in [-0.15, -0.1) is 0 Å². The molecule has 1 fully saturated rings. The molecule has 1 saturated heterocycles. The summed E-state index contributed by atoms with van der Waals surface area (Å²) < 4.78 is 30.7. The third-order valence-electron chi connectivity index (χ3n) is 5.72. The number of piperidine rings is 1. The van der Waals surface area contributed by atoms with Crippen molar-refractivity contribution >= 4 is 38.9 Å². The van der Waals surface area contributed by atoms with Crippen LogP contribution in [0.15, 0.2) is 42.5 Å². The summed E-state index contributed by atoms with van der Waals surface area (Å²) in [7, 11) is -3.29. The van der Waals surface area contributed by atoms with E-state index in [0.717, 1.165) is 50.0 Å². The van der Waals surface area contributed by atoms with Crippen LogP contribution < -0.4 is 14.8 Å². The number of hydrogen-bond acceptors (Lipinski definition) is 5. The zero-order chi connectivity index (χ0) is 21.4. The zero-order valence-corrected chi connectivity index (χ0v) is 18.2. The van der Waals surface area contributed by atoms with E-state index in [0.29, 0.717) is 23.1 Å². The number of carbonyl (C=O) groups is 1. The molecule has 0 atom stereocenters. The number of amides is 1. The van der Waals surface area contributed by atoms with E-state index in [1.807, 2.05) is 12.1 Å². The number of nitrogens with one attached hydrogen (secondary N) is 2. The van der Waals surface area contributed by atoms with Crippen LogP contribution in [-0.2, 0) is 20.2 Å². The van der Waals surface area contributed by atoms with Crippen molar-refractivity contribution < 1.29 is 17.9 Å². The molecule has 0 saturated carbocycles. The molecule has 2 aromatic carbocycles. The molecule has 0 aromatic heterocycles. The second-order valence-corrected chi connectivity index (χ2v) is 10.00. The maximum absolute atomic E-state index is 12.7. The molecule has 0 radical (unpaired) electrons. The van der Waals surface area contributed by atoms with Crippen molar-refractivity contribution in [2.24, 2.45) is 0 Å². The number of ether oxygens (including phenoxy) is 1. The molecule has 30 heavy (non-hydrogen) atoms. The van der Waals surface area contributed by atoms with E-state index in [1.54, 1.807) is 30.3 Å². The van der Waals surface area contributed by atoms with Crippen molar-refractivity contribution in [1.82, 2.24) is 4.90 Å².